The van der Waals surface area contributed by atoms with Crippen LogP contribution >= 0.6 is 0 Å². The van der Waals surface area contributed by atoms with E-state index in [1.54, 1.807) is 7.11 Å². The summed E-state index contributed by atoms with van der Waals surface area (Å²) in [4.78, 5) is 0. The first-order valence-corrected chi connectivity index (χ1v) is 10.9. The Morgan fingerprint density at radius 3 is 2.38 bits per heavy atom. The number of methoxy groups -OCH3 is 1. The Kier molecular flexibility index (Phi) is 8.29. The molecular weight excluding hydrogens is 412 g/mol. The van der Waals surface area contributed by atoms with E-state index in [4.69, 9.17) is 9.84 Å². The van der Waals surface area contributed by atoms with Gasteiger partial charge in [0.05, 0.1) is 18.5 Å². The van der Waals surface area contributed by atoms with E-state index in [-0.39, 0.29) is 28.2 Å². The number of hydrogen-bond donors (Lipinski definition) is 3. The molecule has 9 nitrogen and oxygen atoms in total. The third-order valence-electron chi connectivity index (χ3n) is 6.10. The lowest BCUT2D eigenvalue weighted by Crippen LogP contribution is -2.27. The van der Waals surface area contributed by atoms with E-state index in [1.165, 1.54) is 31.4 Å². The third kappa shape index (κ3) is 5.68. The van der Waals surface area contributed by atoms with Gasteiger partial charge in [-0.05, 0) is 73.2 Å². The highest BCUT2D eigenvalue weighted by Crippen LogP contribution is 2.35. The molecule has 1 aliphatic rings. The summed E-state index contributed by atoms with van der Waals surface area (Å²) in [6, 6.07) is 11.5. The van der Waals surface area contributed by atoms with E-state index >= 15 is 0 Å². The fourth-order valence-electron chi connectivity index (χ4n) is 4.42. The van der Waals surface area contributed by atoms with Gasteiger partial charge in [0.15, 0.2) is 0 Å². The maximum Gasteiger partial charge on any atom is 0.121 e. The Balaban J connectivity index is 1.98. The number of benzene rings is 2. The number of nitrogens with one attached hydrogen (secondary N) is 1. The normalized spacial score (nSPS) is 15.9. The van der Waals surface area contributed by atoms with Crippen molar-refractivity contribution in [1.82, 2.24) is 0 Å². The average Bonchev–Trinajstić information content (AvgIpc) is 2.82. The lowest BCUT2D eigenvalue weighted by molar-refractivity contribution is 0.0295. The molecule has 1 aliphatic carbocycles. The molecule has 3 rings (SSSR count). The van der Waals surface area contributed by atoms with Crippen LogP contribution in [0.5, 0.6) is 5.75 Å². The second kappa shape index (κ2) is 11.1. The van der Waals surface area contributed by atoms with Gasteiger partial charge in [-0.15, -0.1) is 5.23 Å². The van der Waals surface area contributed by atoms with Crippen LogP contribution in [0.15, 0.2) is 47.6 Å². The summed E-state index contributed by atoms with van der Waals surface area (Å²) >= 11 is 0. The second-order valence-corrected chi connectivity index (χ2v) is 8.00. The van der Waals surface area contributed by atoms with Gasteiger partial charge in [-0.25, -0.2) is 0 Å². The maximum atomic E-state index is 11.1. The lowest BCUT2D eigenvalue weighted by atomic mass is 9.75. The smallest absolute Gasteiger partial charge is 0.121 e. The number of hydrogen-bond acceptors (Lipinski definition) is 9. The number of rotatable bonds is 9. The largest absolute Gasteiger partial charge is 0.769 e. The molecule has 0 bridgehead atoms. The molecule has 0 saturated heterocycles. The molecule has 0 aromatic heterocycles. The van der Waals surface area contributed by atoms with Crippen molar-refractivity contribution >= 4 is 22.8 Å². The van der Waals surface area contributed by atoms with Crippen LogP contribution in [0.2, 0.25) is 0 Å². The van der Waals surface area contributed by atoms with Crippen LogP contribution in [0, 0.1) is 22.3 Å². The van der Waals surface area contributed by atoms with E-state index in [0.717, 1.165) is 42.4 Å². The summed E-state index contributed by atoms with van der Waals surface area (Å²) in [5.41, 5.74) is 4.55. The van der Waals surface area contributed by atoms with Crippen LogP contribution in [0.25, 0.3) is 0 Å². The minimum atomic E-state index is -0.598. The van der Waals surface area contributed by atoms with Crippen LogP contribution < -0.4 is 20.6 Å². The first kappa shape index (κ1) is 23.8. The van der Waals surface area contributed by atoms with Crippen molar-refractivity contribution in [2.75, 3.05) is 23.0 Å². The molecule has 32 heavy (non-hydrogen) atoms. The summed E-state index contributed by atoms with van der Waals surface area (Å²) in [6.45, 7) is 2.15. The van der Waals surface area contributed by atoms with E-state index in [9.17, 15) is 20.8 Å². The summed E-state index contributed by atoms with van der Waals surface area (Å²) in [5.74, 6) is 1.48. The van der Waals surface area contributed by atoms with Gasteiger partial charge in [0.2, 0.25) is 0 Å². The van der Waals surface area contributed by atoms with Gasteiger partial charge in [0.25, 0.3) is 0 Å². The van der Waals surface area contributed by atoms with Gasteiger partial charge >= 0.3 is 0 Å². The van der Waals surface area contributed by atoms with Gasteiger partial charge in [-0.3, -0.25) is 15.8 Å². The van der Waals surface area contributed by atoms with E-state index in [0.29, 0.717) is 5.92 Å². The van der Waals surface area contributed by atoms with Crippen molar-refractivity contribution in [2.45, 2.75) is 45.4 Å². The van der Waals surface area contributed by atoms with E-state index < -0.39 is 5.23 Å². The number of ether oxygens (including phenoxy) is 1. The molecule has 0 heterocycles. The highest BCUT2D eigenvalue weighted by atomic mass is 16.8. The van der Waals surface area contributed by atoms with E-state index in [1.807, 2.05) is 24.3 Å². The van der Waals surface area contributed by atoms with E-state index in [2.05, 4.69) is 12.3 Å². The molecule has 0 spiro atoms. The third-order valence-corrected chi connectivity index (χ3v) is 6.10. The van der Waals surface area contributed by atoms with Crippen molar-refractivity contribution in [1.29, 1.82) is 0 Å². The molecule has 0 unspecified atom stereocenters. The standard InChI is InChI=1S/C23H30N4O5/c1-3-20(16-7-5-4-6-8-16)23(17-9-12-19(32-2)13-10-17)25-24-21-14-11-18(26(28)29)15-22(21)27(30)31/h9-16,20,24,30-31H,3-8H2,1-2H3/q-2/t20-/m0/s1. The Morgan fingerprint density at radius 1 is 1.12 bits per heavy atom. The highest BCUT2D eigenvalue weighted by molar-refractivity contribution is 6.03. The summed E-state index contributed by atoms with van der Waals surface area (Å²) in [5, 5.41) is 45.2. The molecular formula is C23H30N4O5-2. The van der Waals surface area contributed by atoms with Gasteiger partial charge < -0.3 is 20.4 Å². The van der Waals surface area contributed by atoms with Gasteiger partial charge in [-0.2, -0.15) is 5.10 Å². The number of nitrogens with zero attached hydrogens (tertiary/aromatic N) is 3. The molecule has 3 N–H and O–H groups in total. The van der Waals surface area contributed by atoms with Crippen molar-refractivity contribution in [3.63, 3.8) is 0 Å². The monoisotopic (exact) mass is 442 g/mol. The number of hydrazone groups is 1. The quantitative estimate of drug-likeness (QED) is 0.343. The second-order valence-electron chi connectivity index (χ2n) is 8.00. The Bertz CT molecular complexity index is 896. The molecule has 1 atom stereocenters. The Labute approximate surface area is 188 Å². The van der Waals surface area contributed by atoms with Crippen LogP contribution in [0.1, 0.15) is 51.0 Å². The molecule has 0 radical (unpaired) electrons. The fourth-order valence-corrected chi connectivity index (χ4v) is 4.42. The van der Waals surface area contributed by atoms with Crippen molar-refractivity contribution in [2.24, 2.45) is 16.9 Å². The van der Waals surface area contributed by atoms with Gasteiger partial charge in [0, 0.05) is 11.6 Å². The highest BCUT2D eigenvalue weighted by Gasteiger charge is 2.27. The van der Waals surface area contributed by atoms with Crippen LogP contribution in [-0.2, 0) is 0 Å². The molecule has 1 saturated carbocycles. The average molecular weight is 443 g/mol. The van der Waals surface area contributed by atoms with Crippen LogP contribution in [0.3, 0.4) is 0 Å². The predicted octanol–water partition coefficient (Wildman–Crippen LogP) is 5.50. The SMILES string of the molecule is CC[C@H](C(=NNc1ccc(N([O-])[O-])cc1N(O)O)c1ccc(OC)cc1)C1CCCCC1. The minimum absolute atomic E-state index is 0.143. The molecule has 0 amide bonds. The lowest BCUT2D eigenvalue weighted by Gasteiger charge is -2.38. The maximum absolute atomic E-state index is 11.1. The molecule has 174 valence electrons. The zero-order valence-corrected chi connectivity index (χ0v) is 18.4. The van der Waals surface area contributed by atoms with Crippen LogP contribution in [0.4, 0.5) is 17.1 Å². The zero-order chi connectivity index (χ0) is 23.1. The predicted molar refractivity (Wildman–Crippen MR) is 125 cm³/mol. The summed E-state index contributed by atoms with van der Waals surface area (Å²) in [7, 11) is 1.62. The first-order chi connectivity index (χ1) is 15.4. The topological polar surface area (TPSA) is 127 Å². The van der Waals surface area contributed by atoms with Crippen LogP contribution in [-0.4, -0.2) is 23.2 Å². The molecule has 2 aromatic rings. The molecule has 0 aliphatic heterocycles. The molecule has 2 aromatic carbocycles. The van der Waals surface area contributed by atoms with Gasteiger partial charge in [0.1, 0.15) is 11.4 Å². The number of anilines is 3. The van der Waals surface area contributed by atoms with Crippen molar-refractivity contribution in [3.8, 4) is 5.75 Å². The summed E-state index contributed by atoms with van der Waals surface area (Å²) in [6.07, 6.45) is 6.89. The minimum Gasteiger partial charge on any atom is -0.769 e. The molecule has 9 heteroatoms. The van der Waals surface area contributed by atoms with Crippen molar-refractivity contribution < 1.29 is 15.2 Å². The van der Waals surface area contributed by atoms with Crippen molar-refractivity contribution in [3.05, 3.63) is 58.4 Å². The summed E-state index contributed by atoms with van der Waals surface area (Å²) < 4.78 is 5.28. The zero-order valence-electron chi connectivity index (χ0n) is 18.4. The Hall–Kier alpha value is -2.85. The first-order valence-electron chi connectivity index (χ1n) is 10.9. The molecule has 1 fully saturated rings. The van der Waals surface area contributed by atoms with Gasteiger partial charge in [-0.1, -0.05) is 26.2 Å². The Morgan fingerprint density at radius 2 is 1.81 bits per heavy atom. The fraction of sp³-hybridized carbons (Fsp3) is 0.435.